The summed E-state index contributed by atoms with van der Waals surface area (Å²) in [7, 11) is 0. The summed E-state index contributed by atoms with van der Waals surface area (Å²) in [5.41, 5.74) is 7.61. The molecular formula is C33H19N3O2. The molecule has 5 aromatic carbocycles. The van der Waals surface area contributed by atoms with Crippen molar-refractivity contribution < 1.29 is 8.83 Å². The van der Waals surface area contributed by atoms with Crippen LogP contribution < -0.4 is 0 Å². The number of oxazole rings is 1. The van der Waals surface area contributed by atoms with Crippen LogP contribution in [0.1, 0.15) is 0 Å². The zero-order valence-electron chi connectivity index (χ0n) is 20.1. The molecule has 0 saturated carbocycles. The molecular weight excluding hydrogens is 470 g/mol. The van der Waals surface area contributed by atoms with E-state index in [1.807, 2.05) is 84.9 Å². The number of hydrogen-bond acceptors (Lipinski definition) is 5. The molecule has 0 unspecified atom stereocenters. The number of hydrogen-bond donors (Lipinski definition) is 0. The molecule has 3 aromatic heterocycles. The van der Waals surface area contributed by atoms with Crippen LogP contribution in [0.3, 0.4) is 0 Å². The minimum atomic E-state index is 0.592. The highest BCUT2D eigenvalue weighted by Gasteiger charge is 2.18. The summed E-state index contributed by atoms with van der Waals surface area (Å²) in [6.45, 7) is 0. The average Bonchev–Trinajstić information content (AvgIpc) is 3.58. The third-order valence-corrected chi connectivity index (χ3v) is 6.93. The number of benzene rings is 5. The molecule has 0 saturated heterocycles. The van der Waals surface area contributed by atoms with Gasteiger partial charge in [-0.15, -0.1) is 0 Å². The SMILES string of the molecule is c1ccc(-c2nc3cc(-c4nc(-c5cccc6c5oc5ccccc56)c5ccccc5n4)ccc3o2)cc1. The fraction of sp³-hybridized carbons (Fsp3) is 0. The van der Waals surface area contributed by atoms with Gasteiger partial charge in [-0.3, -0.25) is 0 Å². The first-order chi connectivity index (χ1) is 18.8. The fourth-order valence-corrected chi connectivity index (χ4v) is 5.12. The molecule has 0 fully saturated rings. The van der Waals surface area contributed by atoms with Gasteiger partial charge in [0.25, 0.3) is 0 Å². The molecule has 0 aliphatic heterocycles. The van der Waals surface area contributed by atoms with E-state index in [9.17, 15) is 0 Å². The van der Waals surface area contributed by atoms with Crippen molar-refractivity contribution >= 4 is 43.9 Å². The lowest BCUT2D eigenvalue weighted by Gasteiger charge is -2.10. The number of aromatic nitrogens is 3. The molecule has 0 aliphatic carbocycles. The Labute approximate surface area is 217 Å². The minimum absolute atomic E-state index is 0.592. The molecule has 0 radical (unpaired) electrons. The van der Waals surface area contributed by atoms with Crippen LogP contribution in [0.5, 0.6) is 0 Å². The average molecular weight is 490 g/mol. The normalized spacial score (nSPS) is 11.7. The Kier molecular flexibility index (Phi) is 4.45. The van der Waals surface area contributed by atoms with Crippen LogP contribution in [-0.4, -0.2) is 15.0 Å². The maximum Gasteiger partial charge on any atom is 0.227 e. The fourth-order valence-electron chi connectivity index (χ4n) is 5.12. The number of fused-ring (bicyclic) bond motifs is 5. The molecule has 0 spiro atoms. The lowest BCUT2D eigenvalue weighted by atomic mass is 10.0. The van der Waals surface area contributed by atoms with Crippen LogP contribution in [0.25, 0.3) is 78.0 Å². The van der Waals surface area contributed by atoms with Crippen molar-refractivity contribution in [2.45, 2.75) is 0 Å². The second kappa shape index (κ2) is 8.11. The van der Waals surface area contributed by atoms with Crippen molar-refractivity contribution in [3.63, 3.8) is 0 Å². The Morgan fingerprint density at radius 1 is 0.474 bits per heavy atom. The van der Waals surface area contributed by atoms with E-state index in [1.54, 1.807) is 0 Å². The van der Waals surface area contributed by atoms with Crippen molar-refractivity contribution in [2.75, 3.05) is 0 Å². The van der Waals surface area contributed by atoms with Crippen LogP contribution >= 0.6 is 0 Å². The Bertz CT molecular complexity index is 2140. The smallest absolute Gasteiger partial charge is 0.227 e. The molecule has 0 amide bonds. The Hall–Kier alpha value is -5.29. The van der Waals surface area contributed by atoms with Gasteiger partial charge < -0.3 is 8.83 Å². The zero-order chi connectivity index (χ0) is 25.1. The lowest BCUT2D eigenvalue weighted by Crippen LogP contribution is -1.95. The van der Waals surface area contributed by atoms with Gasteiger partial charge in [-0.2, -0.15) is 0 Å². The first-order valence-corrected chi connectivity index (χ1v) is 12.5. The van der Waals surface area contributed by atoms with Crippen LogP contribution in [0, 0.1) is 0 Å². The maximum absolute atomic E-state index is 6.35. The summed E-state index contributed by atoms with van der Waals surface area (Å²) in [5, 5.41) is 3.13. The highest BCUT2D eigenvalue weighted by molar-refractivity contribution is 6.11. The van der Waals surface area contributed by atoms with Gasteiger partial charge in [0, 0.05) is 32.8 Å². The van der Waals surface area contributed by atoms with Crippen molar-refractivity contribution in [3.8, 4) is 34.1 Å². The lowest BCUT2D eigenvalue weighted by molar-refractivity contribution is 0.620. The van der Waals surface area contributed by atoms with Gasteiger partial charge in [-0.25, -0.2) is 15.0 Å². The van der Waals surface area contributed by atoms with Gasteiger partial charge in [-0.1, -0.05) is 66.7 Å². The Morgan fingerprint density at radius 3 is 2.18 bits per heavy atom. The number of furan rings is 1. The van der Waals surface area contributed by atoms with E-state index in [0.717, 1.165) is 66.3 Å². The van der Waals surface area contributed by atoms with E-state index in [2.05, 4.69) is 30.3 Å². The van der Waals surface area contributed by atoms with E-state index >= 15 is 0 Å². The Morgan fingerprint density at radius 2 is 1.26 bits per heavy atom. The molecule has 5 heteroatoms. The van der Waals surface area contributed by atoms with Crippen molar-refractivity contribution in [1.29, 1.82) is 0 Å². The molecule has 8 aromatic rings. The van der Waals surface area contributed by atoms with Gasteiger partial charge in [0.1, 0.15) is 16.7 Å². The molecule has 0 bridgehead atoms. The van der Waals surface area contributed by atoms with Crippen molar-refractivity contribution in [3.05, 3.63) is 115 Å². The third kappa shape index (κ3) is 3.22. The molecule has 0 aliphatic rings. The van der Waals surface area contributed by atoms with Crippen LogP contribution in [-0.2, 0) is 0 Å². The van der Waals surface area contributed by atoms with Gasteiger partial charge in [0.2, 0.25) is 5.89 Å². The van der Waals surface area contributed by atoms with E-state index < -0.39 is 0 Å². The molecule has 0 N–H and O–H groups in total. The quantitative estimate of drug-likeness (QED) is 0.248. The number of rotatable bonds is 3. The molecule has 38 heavy (non-hydrogen) atoms. The summed E-state index contributed by atoms with van der Waals surface area (Å²) in [5.74, 6) is 1.22. The first-order valence-electron chi connectivity index (χ1n) is 12.5. The predicted molar refractivity (Wildman–Crippen MR) is 151 cm³/mol. The van der Waals surface area contributed by atoms with E-state index in [0.29, 0.717) is 11.7 Å². The summed E-state index contributed by atoms with van der Waals surface area (Å²) in [4.78, 5) is 14.8. The van der Waals surface area contributed by atoms with Crippen LogP contribution in [0.2, 0.25) is 0 Å². The topological polar surface area (TPSA) is 65.0 Å². The molecule has 178 valence electrons. The monoisotopic (exact) mass is 489 g/mol. The highest BCUT2D eigenvalue weighted by atomic mass is 16.3. The van der Waals surface area contributed by atoms with Gasteiger partial charge in [-0.05, 0) is 48.5 Å². The molecule has 3 heterocycles. The Balaban J connectivity index is 1.34. The summed E-state index contributed by atoms with van der Waals surface area (Å²) in [6, 6.07) is 38.2. The second-order valence-corrected chi connectivity index (χ2v) is 9.26. The summed E-state index contributed by atoms with van der Waals surface area (Å²) in [6.07, 6.45) is 0. The van der Waals surface area contributed by atoms with E-state index in [-0.39, 0.29) is 0 Å². The van der Waals surface area contributed by atoms with Crippen molar-refractivity contribution in [2.24, 2.45) is 0 Å². The second-order valence-electron chi connectivity index (χ2n) is 9.26. The van der Waals surface area contributed by atoms with Gasteiger partial charge in [0.15, 0.2) is 11.4 Å². The van der Waals surface area contributed by atoms with Crippen LogP contribution in [0.4, 0.5) is 0 Å². The maximum atomic E-state index is 6.35. The van der Waals surface area contributed by atoms with Gasteiger partial charge in [0.05, 0.1) is 11.2 Å². The van der Waals surface area contributed by atoms with E-state index in [1.165, 1.54) is 0 Å². The predicted octanol–water partition coefficient (Wildman–Crippen LogP) is 8.67. The standard InChI is InChI=1S/C33H19N3O2/c1-2-9-20(10-3-1)33-35-27-19-21(17-18-29(27)38-33)32-34-26-15-6-4-12-24(26)30(36-32)25-14-8-13-23-22-11-5-7-16-28(22)37-31(23)25/h1-19H. The largest absolute Gasteiger partial charge is 0.455 e. The molecule has 8 rings (SSSR count). The van der Waals surface area contributed by atoms with Crippen molar-refractivity contribution in [1.82, 2.24) is 15.0 Å². The number of para-hydroxylation sites is 3. The molecule has 5 nitrogen and oxygen atoms in total. The highest BCUT2D eigenvalue weighted by Crippen LogP contribution is 2.38. The first kappa shape index (κ1) is 20.9. The summed E-state index contributed by atoms with van der Waals surface area (Å²) < 4.78 is 12.4. The van der Waals surface area contributed by atoms with Gasteiger partial charge >= 0.3 is 0 Å². The van der Waals surface area contributed by atoms with Crippen LogP contribution in [0.15, 0.2) is 124 Å². The van der Waals surface area contributed by atoms with E-state index in [4.69, 9.17) is 23.8 Å². The molecule has 0 atom stereocenters. The summed E-state index contributed by atoms with van der Waals surface area (Å²) >= 11 is 0. The zero-order valence-corrected chi connectivity index (χ0v) is 20.1. The third-order valence-electron chi connectivity index (χ3n) is 6.93. The minimum Gasteiger partial charge on any atom is -0.455 e. The number of nitrogens with zero attached hydrogens (tertiary/aromatic N) is 3.